The fraction of sp³-hybridized carbons (Fsp3) is 0.294. The molecule has 4 nitrogen and oxygen atoms in total. The van der Waals surface area contributed by atoms with Gasteiger partial charge in [0.2, 0.25) is 0 Å². The van der Waals surface area contributed by atoms with E-state index in [4.69, 9.17) is 0 Å². The molecule has 1 heterocycles. The normalized spacial score (nSPS) is 10.2. The summed E-state index contributed by atoms with van der Waals surface area (Å²) in [6.07, 6.45) is 3.89. The number of aryl methyl sites for hydroxylation is 1. The lowest BCUT2D eigenvalue weighted by atomic mass is 10.2. The van der Waals surface area contributed by atoms with Gasteiger partial charge in [-0.2, -0.15) is 0 Å². The van der Waals surface area contributed by atoms with Crippen molar-refractivity contribution in [2.75, 3.05) is 17.2 Å². The predicted octanol–water partition coefficient (Wildman–Crippen LogP) is 3.85. The van der Waals surface area contributed by atoms with Gasteiger partial charge in [-0.3, -0.25) is 9.78 Å². The van der Waals surface area contributed by atoms with Crippen LogP contribution in [0.15, 0.2) is 42.6 Å². The molecule has 21 heavy (non-hydrogen) atoms. The highest BCUT2D eigenvalue weighted by molar-refractivity contribution is 6.03. The third kappa shape index (κ3) is 4.60. The first-order chi connectivity index (χ1) is 10.2. The van der Waals surface area contributed by atoms with Gasteiger partial charge in [0.15, 0.2) is 0 Å². The summed E-state index contributed by atoms with van der Waals surface area (Å²) in [5.41, 5.74) is 3.27. The summed E-state index contributed by atoms with van der Waals surface area (Å²) >= 11 is 0. The number of carbonyl (C=O) groups is 1. The number of amides is 1. The second-order valence-corrected chi connectivity index (χ2v) is 5.03. The first kappa shape index (κ1) is 15.0. The van der Waals surface area contributed by atoms with Crippen LogP contribution in [0.4, 0.5) is 11.4 Å². The molecule has 110 valence electrons. The number of unbranched alkanes of at least 4 members (excludes halogenated alkanes) is 1. The van der Waals surface area contributed by atoms with E-state index in [1.165, 1.54) is 0 Å². The molecular weight excluding hydrogens is 262 g/mol. The van der Waals surface area contributed by atoms with E-state index in [0.29, 0.717) is 5.69 Å². The molecule has 0 atom stereocenters. The summed E-state index contributed by atoms with van der Waals surface area (Å²) in [4.78, 5) is 16.3. The van der Waals surface area contributed by atoms with Gasteiger partial charge in [0.05, 0.1) is 0 Å². The smallest absolute Gasteiger partial charge is 0.274 e. The molecule has 2 N–H and O–H groups in total. The van der Waals surface area contributed by atoms with Crippen LogP contribution in [0.1, 0.15) is 35.8 Å². The molecule has 0 unspecified atom stereocenters. The summed E-state index contributed by atoms with van der Waals surface area (Å²) in [7, 11) is 0. The standard InChI is InChI=1S/C17H21N3O/c1-3-4-10-18-15-9-11-19-16(12-15)17(21)20-14-7-5-13(2)6-8-14/h5-9,11-12H,3-4,10H2,1-2H3,(H,18,19)(H,20,21). The minimum absolute atomic E-state index is 0.196. The van der Waals surface area contributed by atoms with Gasteiger partial charge in [0.25, 0.3) is 5.91 Å². The minimum Gasteiger partial charge on any atom is -0.385 e. The molecule has 0 aliphatic rings. The molecule has 0 spiro atoms. The van der Waals surface area contributed by atoms with Crippen molar-refractivity contribution >= 4 is 17.3 Å². The average Bonchev–Trinajstić information content (AvgIpc) is 2.50. The third-order valence-electron chi connectivity index (χ3n) is 3.16. The number of benzene rings is 1. The van der Waals surface area contributed by atoms with Crippen LogP contribution < -0.4 is 10.6 Å². The molecular formula is C17H21N3O. The number of hydrogen-bond acceptors (Lipinski definition) is 3. The average molecular weight is 283 g/mol. The first-order valence-corrected chi connectivity index (χ1v) is 7.27. The maximum Gasteiger partial charge on any atom is 0.274 e. The molecule has 0 fully saturated rings. The molecule has 4 heteroatoms. The van der Waals surface area contributed by atoms with Gasteiger partial charge in [-0.05, 0) is 37.6 Å². The van der Waals surface area contributed by atoms with E-state index in [0.717, 1.165) is 36.3 Å². The van der Waals surface area contributed by atoms with E-state index in [1.54, 1.807) is 12.3 Å². The van der Waals surface area contributed by atoms with Gasteiger partial charge in [-0.1, -0.05) is 31.0 Å². The number of carbonyl (C=O) groups excluding carboxylic acids is 1. The van der Waals surface area contributed by atoms with Crippen LogP contribution in [0, 0.1) is 6.92 Å². The summed E-state index contributed by atoms with van der Waals surface area (Å²) in [6.45, 7) is 5.06. The van der Waals surface area contributed by atoms with E-state index in [-0.39, 0.29) is 5.91 Å². The fourth-order valence-corrected chi connectivity index (χ4v) is 1.91. The highest BCUT2D eigenvalue weighted by atomic mass is 16.1. The van der Waals surface area contributed by atoms with Crippen LogP contribution in [0.2, 0.25) is 0 Å². The molecule has 2 aromatic rings. The van der Waals surface area contributed by atoms with Crippen molar-refractivity contribution in [3.05, 3.63) is 53.9 Å². The van der Waals surface area contributed by atoms with Crippen molar-refractivity contribution in [1.29, 1.82) is 0 Å². The zero-order valence-electron chi connectivity index (χ0n) is 12.5. The van der Waals surface area contributed by atoms with Gasteiger partial charge in [-0.15, -0.1) is 0 Å². The van der Waals surface area contributed by atoms with Crippen molar-refractivity contribution < 1.29 is 4.79 Å². The lowest BCUT2D eigenvalue weighted by Crippen LogP contribution is -2.14. The monoisotopic (exact) mass is 283 g/mol. The third-order valence-corrected chi connectivity index (χ3v) is 3.16. The number of hydrogen-bond donors (Lipinski definition) is 2. The van der Waals surface area contributed by atoms with E-state index in [1.807, 2.05) is 37.3 Å². The van der Waals surface area contributed by atoms with Crippen LogP contribution in [-0.4, -0.2) is 17.4 Å². The quantitative estimate of drug-likeness (QED) is 0.792. The van der Waals surface area contributed by atoms with Crippen molar-refractivity contribution in [2.24, 2.45) is 0 Å². The summed E-state index contributed by atoms with van der Waals surface area (Å²) in [5, 5.41) is 6.14. The van der Waals surface area contributed by atoms with Crippen molar-refractivity contribution in [3.8, 4) is 0 Å². The van der Waals surface area contributed by atoms with Crippen molar-refractivity contribution in [1.82, 2.24) is 4.98 Å². The van der Waals surface area contributed by atoms with Gasteiger partial charge in [-0.25, -0.2) is 0 Å². The van der Waals surface area contributed by atoms with Gasteiger partial charge >= 0.3 is 0 Å². The number of rotatable bonds is 6. The van der Waals surface area contributed by atoms with Gasteiger partial charge in [0.1, 0.15) is 5.69 Å². The zero-order valence-corrected chi connectivity index (χ0v) is 12.5. The number of nitrogens with zero attached hydrogens (tertiary/aromatic N) is 1. The van der Waals surface area contributed by atoms with E-state index in [9.17, 15) is 4.79 Å². The molecule has 2 rings (SSSR count). The SMILES string of the molecule is CCCCNc1ccnc(C(=O)Nc2ccc(C)cc2)c1. The Morgan fingerprint density at radius 2 is 1.90 bits per heavy atom. The van der Waals surface area contributed by atoms with Crippen molar-refractivity contribution in [2.45, 2.75) is 26.7 Å². The highest BCUT2D eigenvalue weighted by Crippen LogP contribution is 2.12. The summed E-state index contributed by atoms with van der Waals surface area (Å²) in [5.74, 6) is -0.196. The molecule has 0 saturated heterocycles. The number of pyridine rings is 1. The number of anilines is 2. The molecule has 0 radical (unpaired) electrons. The Morgan fingerprint density at radius 3 is 2.62 bits per heavy atom. The summed E-state index contributed by atoms with van der Waals surface area (Å²) in [6, 6.07) is 11.3. The zero-order chi connectivity index (χ0) is 15.1. The van der Waals surface area contributed by atoms with Gasteiger partial charge < -0.3 is 10.6 Å². The van der Waals surface area contributed by atoms with Crippen molar-refractivity contribution in [3.63, 3.8) is 0 Å². The molecule has 0 aliphatic heterocycles. The maximum atomic E-state index is 12.2. The number of aromatic nitrogens is 1. The second-order valence-electron chi connectivity index (χ2n) is 5.03. The lowest BCUT2D eigenvalue weighted by Gasteiger charge is -2.08. The largest absolute Gasteiger partial charge is 0.385 e. The number of nitrogens with one attached hydrogen (secondary N) is 2. The van der Waals surface area contributed by atoms with Crippen LogP contribution in [0.25, 0.3) is 0 Å². The molecule has 1 aromatic heterocycles. The Hall–Kier alpha value is -2.36. The van der Waals surface area contributed by atoms with Crippen LogP contribution in [0.3, 0.4) is 0 Å². The lowest BCUT2D eigenvalue weighted by molar-refractivity contribution is 0.102. The minimum atomic E-state index is -0.196. The van der Waals surface area contributed by atoms with Crippen LogP contribution in [-0.2, 0) is 0 Å². The molecule has 0 saturated carbocycles. The Balaban J connectivity index is 2.01. The Labute approximate surface area is 125 Å². The Bertz CT molecular complexity index is 593. The van der Waals surface area contributed by atoms with E-state index < -0.39 is 0 Å². The van der Waals surface area contributed by atoms with E-state index >= 15 is 0 Å². The predicted molar refractivity (Wildman–Crippen MR) is 86.8 cm³/mol. The molecule has 0 aliphatic carbocycles. The molecule has 0 bridgehead atoms. The first-order valence-electron chi connectivity index (χ1n) is 7.27. The van der Waals surface area contributed by atoms with Gasteiger partial charge in [0, 0.05) is 24.1 Å². The van der Waals surface area contributed by atoms with Crippen LogP contribution in [0.5, 0.6) is 0 Å². The Kier molecular flexibility index (Phi) is 5.32. The fourth-order valence-electron chi connectivity index (χ4n) is 1.91. The molecule has 1 aromatic carbocycles. The second kappa shape index (κ2) is 7.43. The van der Waals surface area contributed by atoms with Crippen LogP contribution >= 0.6 is 0 Å². The highest BCUT2D eigenvalue weighted by Gasteiger charge is 2.08. The summed E-state index contributed by atoms with van der Waals surface area (Å²) < 4.78 is 0. The Morgan fingerprint density at radius 1 is 1.14 bits per heavy atom. The topological polar surface area (TPSA) is 54.0 Å². The molecule has 1 amide bonds. The maximum absolute atomic E-state index is 12.2. The van der Waals surface area contributed by atoms with E-state index in [2.05, 4.69) is 22.5 Å².